The number of benzene rings is 1. The summed E-state index contributed by atoms with van der Waals surface area (Å²) in [6.07, 6.45) is 3.60. The van der Waals surface area contributed by atoms with Gasteiger partial charge in [0, 0.05) is 35.1 Å². The first-order chi connectivity index (χ1) is 9.57. The molecular weight excluding hydrogens is 246 g/mol. The van der Waals surface area contributed by atoms with Gasteiger partial charge >= 0.3 is 0 Å². The van der Waals surface area contributed by atoms with Crippen molar-refractivity contribution in [2.24, 2.45) is 0 Å². The van der Waals surface area contributed by atoms with E-state index < -0.39 is 0 Å². The lowest BCUT2D eigenvalue weighted by Crippen LogP contribution is -2.38. The standard InChI is InChI=1S/C17H23N3/c1-4-20-16(14-12-19-11-10-15(14)18)17(2,3)13-8-6-5-7-9-13/h5-12,16,20H,4H2,1-3H3,(H2,18,19). The summed E-state index contributed by atoms with van der Waals surface area (Å²) in [6.45, 7) is 7.47. The van der Waals surface area contributed by atoms with Crippen LogP contribution >= 0.6 is 0 Å². The summed E-state index contributed by atoms with van der Waals surface area (Å²) in [5.74, 6) is 0. The molecular formula is C17H23N3. The van der Waals surface area contributed by atoms with Crippen LogP contribution < -0.4 is 11.1 Å². The van der Waals surface area contributed by atoms with Crippen LogP contribution in [0.4, 0.5) is 5.69 Å². The van der Waals surface area contributed by atoms with Gasteiger partial charge in [-0.2, -0.15) is 0 Å². The summed E-state index contributed by atoms with van der Waals surface area (Å²) in [6, 6.07) is 12.5. The maximum atomic E-state index is 6.15. The fourth-order valence-electron chi connectivity index (χ4n) is 2.65. The van der Waals surface area contributed by atoms with Crippen molar-refractivity contribution in [3.05, 3.63) is 59.9 Å². The van der Waals surface area contributed by atoms with Gasteiger partial charge in [-0.1, -0.05) is 51.1 Å². The third-order valence-corrected chi connectivity index (χ3v) is 3.85. The number of nitrogens with one attached hydrogen (secondary N) is 1. The summed E-state index contributed by atoms with van der Waals surface area (Å²) in [5, 5.41) is 3.56. The van der Waals surface area contributed by atoms with Crippen LogP contribution in [0.15, 0.2) is 48.8 Å². The quantitative estimate of drug-likeness (QED) is 0.875. The maximum Gasteiger partial charge on any atom is 0.0448 e. The molecule has 0 saturated heterocycles. The zero-order valence-corrected chi connectivity index (χ0v) is 12.4. The topological polar surface area (TPSA) is 50.9 Å². The number of nitrogens with two attached hydrogens (primary N) is 1. The van der Waals surface area contributed by atoms with E-state index in [9.17, 15) is 0 Å². The Hall–Kier alpha value is -1.87. The molecule has 0 aliphatic carbocycles. The van der Waals surface area contributed by atoms with Crippen molar-refractivity contribution in [1.82, 2.24) is 10.3 Å². The van der Waals surface area contributed by atoms with E-state index in [1.54, 1.807) is 6.20 Å². The van der Waals surface area contributed by atoms with Gasteiger partial charge in [0.2, 0.25) is 0 Å². The van der Waals surface area contributed by atoms with E-state index in [0.717, 1.165) is 17.8 Å². The number of likely N-dealkylation sites (N-methyl/N-ethyl adjacent to an activating group) is 1. The second-order valence-corrected chi connectivity index (χ2v) is 5.58. The molecule has 0 aliphatic heterocycles. The van der Waals surface area contributed by atoms with Gasteiger partial charge in [-0.3, -0.25) is 4.98 Å². The molecule has 1 aromatic carbocycles. The first kappa shape index (κ1) is 14.5. The summed E-state index contributed by atoms with van der Waals surface area (Å²) < 4.78 is 0. The highest BCUT2D eigenvalue weighted by Gasteiger charge is 2.33. The second kappa shape index (κ2) is 6.06. The van der Waals surface area contributed by atoms with Crippen molar-refractivity contribution >= 4 is 5.69 Å². The Balaban J connectivity index is 2.45. The highest BCUT2D eigenvalue weighted by atomic mass is 14.9. The summed E-state index contributed by atoms with van der Waals surface area (Å²) in [7, 11) is 0. The zero-order chi connectivity index (χ0) is 14.6. The first-order valence-electron chi connectivity index (χ1n) is 7.05. The number of hydrogen-bond donors (Lipinski definition) is 2. The molecule has 20 heavy (non-hydrogen) atoms. The van der Waals surface area contributed by atoms with Crippen molar-refractivity contribution in [3.8, 4) is 0 Å². The average molecular weight is 269 g/mol. The van der Waals surface area contributed by atoms with Crippen LogP contribution in [0.3, 0.4) is 0 Å². The van der Waals surface area contributed by atoms with E-state index >= 15 is 0 Å². The van der Waals surface area contributed by atoms with E-state index in [-0.39, 0.29) is 11.5 Å². The Kier molecular flexibility index (Phi) is 4.40. The molecule has 1 aromatic heterocycles. The SMILES string of the molecule is CCNC(c1cnccc1N)C(C)(C)c1ccccc1. The molecule has 106 valence electrons. The smallest absolute Gasteiger partial charge is 0.0448 e. The minimum absolute atomic E-state index is 0.0750. The van der Waals surface area contributed by atoms with E-state index in [0.29, 0.717) is 0 Å². The van der Waals surface area contributed by atoms with E-state index in [4.69, 9.17) is 5.73 Å². The molecule has 0 fully saturated rings. The monoisotopic (exact) mass is 269 g/mol. The summed E-state index contributed by atoms with van der Waals surface area (Å²) >= 11 is 0. The van der Waals surface area contributed by atoms with Gasteiger partial charge in [0.25, 0.3) is 0 Å². The predicted octanol–water partition coefficient (Wildman–Crippen LogP) is 3.29. The van der Waals surface area contributed by atoms with Crippen LogP contribution in [0.2, 0.25) is 0 Å². The molecule has 3 N–H and O–H groups in total. The lowest BCUT2D eigenvalue weighted by molar-refractivity contribution is 0.354. The molecule has 1 unspecified atom stereocenters. The Bertz CT molecular complexity index is 549. The number of anilines is 1. The molecule has 0 amide bonds. The fraction of sp³-hybridized carbons (Fsp3) is 0.353. The molecule has 0 bridgehead atoms. The molecule has 0 radical (unpaired) electrons. The van der Waals surface area contributed by atoms with Gasteiger partial charge in [0.05, 0.1) is 0 Å². The van der Waals surface area contributed by atoms with Crippen LogP contribution in [-0.2, 0) is 5.41 Å². The Morgan fingerprint density at radius 1 is 1.20 bits per heavy atom. The molecule has 1 heterocycles. The molecule has 2 rings (SSSR count). The number of aromatic nitrogens is 1. The lowest BCUT2D eigenvalue weighted by Gasteiger charge is -2.36. The third kappa shape index (κ3) is 2.83. The number of nitrogen functional groups attached to an aromatic ring is 1. The Labute approximate surface area is 121 Å². The van der Waals surface area contributed by atoms with Gasteiger partial charge in [0.15, 0.2) is 0 Å². The number of pyridine rings is 1. The van der Waals surface area contributed by atoms with E-state index in [2.05, 4.69) is 55.3 Å². The predicted molar refractivity (Wildman–Crippen MR) is 84.5 cm³/mol. The van der Waals surface area contributed by atoms with Crippen molar-refractivity contribution in [2.45, 2.75) is 32.2 Å². The minimum atomic E-state index is -0.0750. The van der Waals surface area contributed by atoms with Gasteiger partial charge in [-0.05, 0) is 18.2 Å². The van der Waals surface area contributed by atoms with Gasteiger partial charge < -0.3 is 11.1 Å². The normalized spacial score (nSPS) is 13.2. The molecule has 0 spiro atoms. The van der Waals surface area contributed by atoms with Crippen molar-refractivity contribution in [1.29, 1.82) is 0 Å². The van der Waals surface area contributed by atoms with Gasteiger partial charge in [-0.15, -0.1) is 0 Å². The summed E-state index contributed by atoms with van der Waals surface area (Å²) in [5.41, 5.74) is 9.20. The third-order valence-electron chi connectivity index (χ3n) is 3.85. The Morgan fingerprint density at radius 2 is 1.90 bits per heavy atom. The molecule has 3 nitrogen and oxygen atoms in total. The second-order valence-electron chi connectivity index (χ2n) is 5.58. The van der Waals surface area contributed by atoms with Crippen LogP contribution in [0.1, 0.15) is 37.9 Å². The highest BCUT2D eigenvalue weighted by molar-refractivity contribution is 5.48. The van der Waals surface area contributed by atoms with Crippen LogP contribution in [-0.4, -0.2) is 11.5 Å². The summed E-state index contributed by atoms with van der Waals surface area (Å²) in [4.78, 5) is 4.24. The van der Waals surface area contributed by atoms with Gasteiger partial charge in [-0.25, -0.2) is 0 Å². The number of nitrogens with zero attached hydrogens (tertiary/aromatic N) is 1. The lowest BCUT2D eigenvalue weighted by atomic mass is 9.75. The van der Waals surface area contributed by atoms with Crippen LogP contribution in [0.25, 0.3) is 0 Å². The zero-order valence-electron chi connectivity index (χ0n) is 12.4. The van der Waals surface area contributed by atoms with Crippen LogP contribution in [0.5, 0.6) is 0 Å². The molecule has 0 saturated carbocycles. The molecule has 0 aliphatic rings. The Morgan fingerprint density at radius 3 is 2.50 bits per heavy atom. The average Bonchev–Trinajstić information content (AvgIpc) is 2.46. The minimum Gasteiger partial charge on any atom is -0.398 e. The van der Waals surface area contributed by atoms with Crippen LogP contribution in [0, 0.1) is 0 Å². The van der Waals surface area contributed by atoms with E-state index in [1.165, 1.54) is 5.56 Å². The van der Waals surface area contributed by atoms with Crippen molar-refractivity contribution in [2.75, 3.05) is 12.3 Å². The van der Waals surface area contributed by atoms with Crippen molar-refractivity contribution < 1.29 is 0 Å². The molecule has 2 aromatic rings. The van der Waals surface area contributed by atoms with Crippen molar-refractivity contribution in [3.63, 3.8) is 0 Å². The molecule has 1 atom stereocenters. The first-order valence-corrected chi connectivity index (χ1v) is 7.05. The largest absolute Gasteiger partial charge is 0.398 e. The fourth-order valence-corrected chi connectivity index (χ4v) is 2.65. The number of rotatable bonds is 5. The van der Waals surface area contributed by atoms with Gasteiger partial charge in [0.1, 0.15) is 0 Å². The maximum absolute atomic E-state index is 6.15. The van der Waals surface area contributed by atoms with E-state index in [1.807, 2.05) is 18.3 Å². The molecule has 3 heteroatoms. The number of hydrogen-bond acceptors (Lipinski definition) is 3. The highest BCUT2D eigenvalue weighted by Crippen LogP contribution is 2.38.